The normalized spacial score (nSPS) is 14.9. The van der Waals surface area contributed by atoms with Gasteiger partial charge in [-0.15, -0.1) is 24.0 Å². The molecule has 1 heterocycles. The van der Waals surface area contributed by atoms with Crippen molar-refractivity contribution in [2.75, 3.05) is 14.2 Å². The molecule has 0 spiro atoms. The molecule has 0 amide bonds. The second-order valence-corrected chi connectivity index (χ2v) is 4.23. The SMILES string of the molecule is COc1ccc(CN=C(N)N(C)C2CC2)cn1.I. The van der Waals surface area contributed by atoms with Crippen molar-refractivity contribution in [2.45, 2.75) is 25.4 Å². The molecule has 0 radical (unpaired) electrons. The number of ether oxygens (including phenoxy) is 1. The predicted molar refractivity (Wildman–Crippen MR) is 82.3 cm³/mol. The van der Waals surface area contributed by atoms with Gasteiger partial charge in [0.25, 0.3) is 0 Å². The first kappa shape index (κ1) is 15.0. The number of methoxy groups -OCH3 is 1. The maximum absolute atomic E-state index is 5.89. The van der Waals surface area contributed by atoms with Gasteiger partial charge in [0.15, 0.2) is 5.96 Å². The first-order chi connectivity index (χ1) is 8.20. The van der Waals surface area contributed by atoms with Gasteiger partial charge in [0.1, 0.15) is 0 Å². The summed E-state index contributed by atoms with van der Waals surface area (Å²) >= 11 is 0. The lowest BCUT2D eigenvalue weighted by molar-refractivity contribution is 0.397. The van der Waals surface area contributed by atoms with Gasteiger partial charge in [-0.05, 0) is 18.4 Å². The monoisotopic (exact) mass is 362 g/mol. The highest BCUT2D eigenvalue weighted by Crippen LogP contribution is 2.24. The van der Waals surface area contributed by atoms with Crippen LogP contribution in [0.2, 0.25) is 0 Å². The fourth-order valence-corrected chi connectivity index (χ4v) is 1.56. The van der Waals surface area contributed by atoms with Crippen LogP contribution in [0.15, 0.2) is 23.3 Å². The highest BCUT2D eigenvalue weighted by Gasteiger charge is 2.27. The number of nitrogens with two attached hydrogens (primary N) is 1. The van der Waals surface area contributed by atoms with Gasteiger partial charge in [0, 0.05) is 25.4 Å². The van der Waals surface area contributed by atoms with E-state index in [1.54, 1.807) is 13.3 Å². The molecule has 1 fully saturated rings. The van der Waals surface area contributed by atoms with Crippen LogP contribution in [0.5, 0.6) is 5.88 Å². The molecule has 1 aromatic rings. The average molecular weight is 362 g/mol. The molecule has 0 bridgehead atoms. The van der Waals surface area contributed by atoms with E-state index in [0.29, 0.717) is 24.4 Å². The summed E-state index contributed by atoms with van der Waals surface area (Å²) in [7, 11) is 3.59. The Morgan fingerprint density at radius 2 is 2.28 bits per heavy atom. The second kappa shape index (κ2) is 6.77. The molecule has 0 aliphatic heterocycles. The molecule has 0 saturated heterocycles. The minimum Gasteiger partial charge on any atom is -0.481 e. The third kappa shape index (κ3) is 4.01. The smallest absolute Gasteiger partial charge is 0.212 e. The van der Waals surface area contributed by atoms with Crippen molar-refractivity contribution in [3.63, 3.8) is 0 Å². The Bertz CT molecular complexity index is 403. The summed E-state index contributed by atoms with van der Waals surface area (Å²) in [6.45, 7) is 0.555. The largest absolute Gasteiger partial charge is 0.481 e. The summed E-state index contributed by atoms with van der Waals surface area (Å²) < 4.78 is 4.99. The van der Waals surface area contributed by atoms with Crippen LogP contribution >= 0.6 is 24.0 Å². The molecule has 2 N–H and O–H groups in total. The van der Waals surface area contributed by atoms with Crippen LogP contribution < -0.4 is 10.5 Å². The number of aromatic nitrogens is 1. The lowest BCUT2D eigenvalue weighted by Gasteiger charge is -2.16. The zero-order chi connectivity index (χ0) is 12.3. The standard InChI is InChI=1S/C12H18N4O.HI/c1-16(10-4-5-10)12(13)15-8-9-3-6-11(17-2)14-7-9;/h3,6-7,10H,4-5,8H2,1-2H3,(H2,13,15);1H. The molecule has 100 valence electrons. The quantitative estimate of drug-likeness (QED) is 0.502. The second-order valence-electron chi connectivity index (χ2n) is 4.23. The maximum atomic E-state index is 5.89. The maximum Gasteiger partial charge on any atom is 0.212 e. The van der Waals surface area contributed by atoms with E-state index in [1.165, 1.54) is 12.8 Å². The van der Waals surface area contributed by atoms with Crippen LogP contribution in [-0.2, 0) is 6.54 Å². The molecular formula is C12H19IN4O. The van der Waals surface area contributed by atoms with E-state index in [2.05, 4.69) is 9.98 Å². The summed E-state index contributed by atoms with van der Waals surface area (Å²) in [6, 6.07) is 4.36. The lowest BCUT2D eigenvalue weighted by atomic mass is 10.3. The number of nitrogens with zero attached hydrogens (tertiary/aromatic N) is 3. The van der Waals surface area contributed by atoms with Crippen molar-refractivity contribution in [1.82, 2.24) is 9.88 Å². The number of hydrogen-bond donors (Lipinski definition) is 1. The number of guanidine groups is 1. The first-order valence-corrected chi connectivity index (χ1v) is 5.72. The van der Waals surface area contributed by atoms with Crippen molar-refractivity contribution in [2.24, 2.45) is 10.7 Å². The number of pyridine rings is 1. The van der Waals surface area contributed by atoms with E-state index < -0.39 is 0 Å². The molecule has 0 unspecified atom stereocenters. The van der Waals surface area contributed by atoms with Crippen molar-refractivity contribution in [3.8, 4) is 5.88 Å². The molecule has 0 aromatic carbocycles. The molecule has 2 rings (SSSR count). The summed E-state index contributed by atoms with van der Waals surface area (Å²) in [4.78, 5) is 10.5. The van der Waals surface area contributed by atoms with Gasteiger partial charge in [-0.2, -0.15) is 0 Å². The molecule has 1 saturated carbocycles. The van der Waals surface area contributed by atoms with Gasteiger partial charge in [-0.3, -0.25) is 0 Å². The Balaban J connectivity index is 0.00000162. The van der Waals surface area contributed by atoms with Gasteiger partial charge >= 0.3 is 0 Å². The van der Waals surface area contributed by atoms with Crippen LogP contribution in [0.1, 0.15) is 18.4 Å². The van der Waals surface area contributed by atoms with Crippen molar-refractivity contribution in [1.29, 1.82) is 0 Å². The average Bonchev–Trinajstić information content (AvgIpc) is 3.20. The van der Waals surface area contributed by atoms with Crippen LogP contribution in [0, 0.1) is 0 Å². The molecule has 6 heteroatoms. The number of aliphatic imine (C=N–C) groups is 1. The van der Waals surface area contributed by atoms with E-state index in [-0.39, 0.29) is 24.0 Å². The molecule has 1 aliphatic carbocycles. The van der Waals surface area contributed by atoms with E-state index in [0.717, 1.165) is 5.56 Å². The lowest BCUT2D eigenvalue weighted by Crippen LogP contribution is -2.35. The Kier molecular flexibility index (Phi) is 5.64. The summed E-state index contributed by atoms with van der Waals surface area (Å²) in [5.41, 5.74) is 6.92. The van der Waals surface area contributed by atoms with Crippen LogP contribution in [-0.4, -0.2) is 36.0 Å². The van der Waals surface area contributed by atoms with Gasteiger partial charge in [0.2, 0.25) is 5.88 Å². The van der Waals surface area contributed by atoms with E-state index in [9.17, 15) is 0 Å². The summed E-state index contributed by atoms with van der Waals surface area (Å²) in [5.74, 6) is 1.21. The molecule has 1 aromatic heterocycles. The van der Waals surface area contributed by atoms with E-state index >= 15 is 0 Å². The zero-order valence-corrected chi connectivity index (χ0v) is 13.0. The number of rotatable bonds is 4. The number of halogens is 1. The van der Waals surface area contributed by atoms with Crippen LogP contribution in [0.25, 0.3) is 0 Å². The highest BCUT2D eigenvalue weighted by atomic mass is 127. The predicted octanol–water partition coefficient (Wildman–Crippen LogP) is 1.62. The van der Waals surface area contributed by atoms with E-state index in [1.807, 2.05) is 24.1 Å². The van der Waals surface area contributed by atoms with Crippen LogP contribution in [0.3, 0.4) is 0 Å². The third-order valence-electron chi connectivity index (χ3n) is 2.89. The highest BCUT2D eigenvalue weighted by molar-refractivity contribution is 14.0. The van der Waals surface area contributed by atoms with Crippen LogP contribution in [0.4, 0.5) is 0 Å². The fraction of sp³-hybridized carbons (Fsp3) is 0.500. The Morgan fingerprint density at radius 3 is 2.78 bits per heavy atom. The van der Waals surface area contributed by atoms with Gasteiger partial charge in [-0.25, -0.2) is 9.98 Å². The minimum atomic E-state index is 0. The Labute approximate surface area is 124 Å². The number of hydrogen-bond acceptors (Lipinski definition) is 3. The molecule has 0 atom stereocenters. The van der Waals surface area contributed by atoms with Gasteiger partial charge in [-0.1, -0.05) is 6.07 Å². The van der Waals surface area contributed by atoms with Crippen molar-refractivity contribution >= 4 is 29.9 Å². The molecule has 18 heavy (non-hydrogen) atoms. The Morgan fingerprint density at radius 1 is 1.56 bits per heavy atom. The van der Waals surface area contributed by atoms with Gasteiger partial charge in [0.05, 0.1) is 13.7 Å². The first-order valence-electron chi connectivity index (χ1n) is 5.72. The Hall–Kier alpha value is -1.05. The summed E-state index contributed by atoms with van der Waals surface area (Å²) in [6.07, 6.45) is 4.19. The van der Waals surface area contributed by atoms with E-state index in [4.69, 9.17) is 10.5 Å². The van der Waals surface area contributed by atoms with Gasteiger partial charge < -0.3 is 15.4 Å². The zero-order valence-electron chi connectivity index (χ0n) is 10.7. The topological polar surface area (TPSA) is 63.7 Å². The summed E-state index contributed by atoms with van der Waals surface area (Å²) in [5, 5.41) is 0. The molecular weight excluding hydrogens is 343 g/mol. The van der Waals surface area contributed by atoms with Crippen molar-refractivity contribution < 1.29 is 4.74 Å². The van der Waals surface area contributed by atoms with Crippen molar-refractivity contribution in [3.05, 3.63) is 23.9 Å². The minimum absolute atomic E-state index is 0. The molecule has 5 nitrogen and oxygen atoms in total. The third-order valence-corrected chi connectivity index (χ3v) is 2.89. The fourth-order valence-electron chi connectivity index (χ4n) is 1.56. The molecule has 1 aliphatic rings.